The number of carbonyl (C=O) groups is 1. The van der Waals surface area contributed by atoms with E-state index in [2.05, 4.69) is 25.6 Å². The normalized spacial score (nSPS) is 11.5. The lowest BCUT2D eigenvalue weighted by atomic mass is 10.1. The van der Waals surface area contributed by atoms with Gasteiger partial charge in [0.15, 0.2) is 0 Å². The SMILES string of the molecule is C#Cc1c(C(=O)O)oc2ccc(C)c([Si](C)(C)C)c12. The van der Waals surface area contributed by atoms with Crippen molar-refractivity contribution in [3.05, 3.63) is 29.0 Å². The van der Waals surface area contributed by atoms with E-state index in [1.807, 2.05) is 13.0 Å². The molecule has 0 amide bonds. The van der Waals surface area contributed by atoms with E-state index >= 15 is 0 Å². The van der Waals surface area contributed by atoms with Crippen LogP contribution < -0.4 is 5.19 Å². The summed E-state index contributed by atoms with van der Waals surface area (Å²) in [6, 6.07) is 3.76. The maximum Gasteiger partial charge on any atom is 0.373 e. The van der Waals surface area contributed by atoms with E-state index in [0.29, 0.717) is 11.1 Å². The van der Waals surface area contributed by atoms with Crippen LogP contribution >= 0.6 is 0 Å². The van der Waals surface area contributed by atoms with Crippen LogP contribution in [0.1, 0.15) is 21.7 Å². The van der Waals surface area contributed by atoms with E-state index < -0.39 is 14.0 Å². The maximum absolute atomic E-state index is 11.2. The van der Waals surface area contributed by atoms with Gasteiger partial charge in [0.25, 0.3) is 0 Å². The summed E-state index contributed by atoms with van der Waals surface area (Å²) in [5, 5.41) is 11.2. The van der Waals surface area contributed by atoms with E-state index in [-0.39, 0.29) is 5.76 Å². The highest BCUT2D eigenvalue weighted by Gasteiger charge is 2.28. The summed E-state index contributed by atoms with van der Waals surface area (Å²) in [6.45, 7) is 8.66. The number of carboxylic acid groups (broad SMARTS) is 1. The van der Waals surface area contributed by atoms with Crippen molar-refractivity contribution in [2.24, 2.45) is 0 Å². The predicted octanol–water partition coefficient (Wildman–Crippen LogP) is 2.97. The molecular weight excluding hydrogens is 256 g/mol. The quantitative estimate of drug-likeness (QED) is 0.675. The third-order valence-electron chi connectivity index (χ3n) is 3.15. The summed E-state index contributed by atoms with van der Waals surface area (Å²) in [7, 11) is -1.66. The van der Waals surface area contributed by atoms with Crippen molar-refractivity contribution in [1.82, 2.24) is 0 Å². The molecule has 0 aliphatic rings. The lowest BCUT2D eigenvalue weighted by Gasteiger charge is -2.20. The van der Waals surface area contributed by atoms with E-state index in [0.717, 1.165) is 10.9 Å². The Bertz CT molecular complexity index is 712. The van der Waals surface area contributed by atoms with Crippen LogP contribution in [0.5, 0.6) is 0 Å². The molecule has 4 heteroatoms. The fraction of sp³-hybridized carbons (Fsp3) is 0.267. The summed E-state index contributed by atoms with van der Waals surface area (Å²) >= 11 is 0. The second-order valence-electron chi connectivity index (χ2n) is 5.64. The second-order valence-corrected chi connectivity index (χ2v) is 10.6. The van der Waals surface area contributed by atoms with E-state index in [1.54, 1.807) is 6.07 Å². The molecule has 3 nitrogen and oxygen atoms in total. The number of hydrogen-bond acceptors (Lipinski definition) is 2. The zero-order chi connectivity index (χ0) is 14.4. The van der Waals surface area contributed by atoms with Crippen molar-refractivity contribution in [1.29, 1.82) is 0 Å². The van der Waals surface area contributed by atoms with Gasteiger partial charge in [0, 0.05) is 5.39 Å². The Kier molecular flexibility index (Phi) is 3.03. The molecule has 98 valence electrons. The van der Waals surface area contributed by atoms with Crippen molar-refractivity contribution in [2.45, 2.75) is 26.6 Å². The Hall–Kier alpha value is -1.99. The van der Waals surface area contributed by atoms with Gasteiger partial charge in [-0.05, 0) is 18.2 Å². The number of carboxylic acids is 1. The van der Waals surface area contributed by atoms with Crippen LogP contribution in [0, 0.1) is 19.3 Å². The van der Waals surface area contributed by atoms with Crippen molar-refractivity contribution in [2.75, 3.05) is 0 Å². The van der Waals surface area contributed by atoms with Gasteiger partial charge in [0.05, 0.1) is 13.6 Å². The second kappa shape index (κ2) is 4.28. The highest BCUT2D eigenvalue weighted by Crippen LogP contribution is 2.27. The van der Waals surface area contributed by atoms with Gasteiger partial charge >= 0.3 is 5.97 Å². The van der Waals surface area contributed by atoms with Gasteiger partial charge in [-0.25, -0.2) is 4.79 Å². The number of fused-ring (bicyclic) bond motifs is 1. The van der Waals surface area contributed by atoms with Crippen molar-refractivity contribution in [3.8, 4) is 12.3 Å². The molecule has 19 heavy (non-hydrogen) atoms. The zero-order valence-electron chi connectivity index (χ0n) is 11.5. The molecule has 0 unspecified atom stereocenters. The number of hydrogen-bond donors (Lipinski definition) is 1. The lowest BCUT2D eigenvalue weighted by molar-refractivity contribution is 0.0664. The van der Waals surface area contributed by atoms with Gasteiger partial charge in [0.1, 0.15) is 5.58 Å². The minimum atomic E-state index is -1.66. The average molecular weight is 272 g/mol. The molecule has 0 radical (unpaired) electrons. The lowest BCUT2D eigenvalue weighted by Crippen LogP contribution is -2.40. The Morgan fingerprint density at radius 1 is 1.37 bits per heavy atom. The Labute approximate surface area is 113 Å². The highest BCUT2D eigenvalue weighted by atomic mass is 28.3. The summed E-state index contributed by atoms with van der Waals surface area (Å²) in [5.74, 6) is 1.23. The fourth-order valence-corrected chi connectivity index (χ4v) is 4.81. The third kappa shape index (κ3) is 2.06. The van der Waals surface area contributed by atoms with Gasteiger partial charge < -0.3 is 9.52 Å². The molecule has 2 rings (SSSR count). The van der Waals surface area contributed by atoms with Crippen LogP contribution in [-0.2, 0) is 0 Å². The van der Waals surface area contributed by atoms with Crippen LogP contribution in [0.2, 0.25) is 19.6 Å². The molecule has 0 saturated heterocycles. The standard InChI is InChI=1S/C15H16O3Si/c1-6-10-12-11(18-13(10)15(16)17)8-7-9(2)14(12)19(3,4)5/h1,7-8H,2-5H3,(H,16,17). The summed E-state index contributed by atoms with van der Waals surface area (Å²) in [4.78, 5) is 11.2. The molecule has 0 spiro atoms. The summed E-state index contributed by atoms with van der Waals surface area (Å²) < 4.78 is 5.42. The first-order valence-corrected chi connectivity index (χ1v) is 9.54. The molecule has 1 aromatic carbocycles. The third-order valence-corrected chi connectivity index (χ3v) is 5.30. The van der Waals surface area contributed by atoms with Gasteiger partial charge in [0.2, 0.25) is 5.76 Å². The molecular formula is C15H16O3Si. The van der Waals surface area contributed by atoms with Crippen LogP contribution in [0.4, 0.5) is 0 Å². The van der Waals surface area contributed by atoms with Crippen molar-refractivity contribution < 1.29 is 14.3 Å². The Morgan fingerprint density at radius 2 is 2.00 bits per heavy atom. The topological polar surface area (TPSA) is 50.4 Å². The molecule has 0 atom stereocenters. The molecule has 2 aromatic rings. The first-order chi connectivity index (χ1) is 8.77. The average Bonchev–Trinajstić information content (AvgIpc) is 2.65. The molecule has 1 N–H and O–H groups in total. The number of benzene rings is 1. The van der Waals surface area contributed by atoms with Crippen LogP contribution in [0.3, 0.4) is 0 Å². The monoisotopic (exact) mass is 272 g/mol. The molecule has 1 heterocycles. The Balaban J connectivity index is 3.01. The van der Waals surface area contributed by atoms with Crippen LogP contribution in [0.25, 0.3) is 11.0 Å². The zero-order valence-corrected chi connectivity index (χ0v) is 12.5. The molecule has 0 bridgehead atoms. The summed E-state index contributed by atoms with van der Waals surface area (Å²) in [6.07, 6.45) is 5.50. The van der Waals surface area contributed by atoms with Gasteiger partial charge in [-0.3, -0.25) is 0 Å². The van der Waals surface area contributed by atoms with Crippen LogP contribution in [-0.4, -0.2) is 19.1 Å². The van der Waals surface area contributed by atoms with Gasteiger partial charge in [-0.1, -0.05) is 37.2 Å². The largest absolute Gasteiger partial charge is 0.475 e. The maximum atomic E-state index is 11.2. The van der Waals surface area contributed by atoms with Crippen molar-refractivity contribution in [3.63, 3.8) is 0 Å². The summed E-state index contributed by atoms with van der Waals surface area (Å²) in [5.41, 5.74) is 2.07. The minimum Gasteiger partial charge on any atom is -0.475 e. The van der Waals surface area contributed by atoms with E-state index in [4.69, 9.17) is 10.8 Å². The predicted molar refractivity (Wildman–Crippen MR) is 78.8 cm³/mol. The molecule has 0 saturated carbocycles. The molecule has 0 fully saturated rings. The Morgan fingerprint density at radius 3 is 2.47 bits per heavy atom. The molecule has 0 aliphatic heterocycles. The fourth-order valence-electron chi connectivity index (χ4n) is 2.55. The van der Waals surface area contributed by atoms with Gasteiger partial charge in [-0.15, -0.1) is 6.42 Å². The van der Waals surface area contributed by atoms with Gasteiger partial charge in [-0.2, -0.15) is 0 Å². The minimum absolute atomic E-state index is 0.136. The number of aromatic carboxylic acids is 1. The number of rotatable bonds is 2. The molecule has 1 aromatic heterocycles. The first kappa shape index (κ1) is 13.4. The molecule has 0 aliphatic carbocycles. The van der Waals surface area contributed by atoms with E-state index in [9.17, 15) is 9.90 Å². The number of furan rings is 1. The highest BCUT2D eigenvalue weighted by molar-refractivity contribution is 6.90. The van der Waals surface area contributed by atoms with E-state index in [1.165, 1.54) is 5.19 Å². The smallest absolute Gasteiger partial charge is 0.373 e. The van der Waals surface area contributed by atoms with Crippen molar-refractivity contribution >= 4 is 30.2 Å². The van der Waals surface area contributed by atoms with Crippen LogP contribution in [0.15, 0.2) is 16.5 Å². The first-order valence-electron chi connectivity index (χ1n) is 6.04. The number of aryl methyl sites for hydroxylation is 1. The number of terminal acetylenes is 1.